The molecule has 0 spiro atoms. The molecule has 2 aromatic rings. The van der Waals surface area contributed by atoms with Crippen molar-refractivity contribution in [3.8, 4) is 0 Å². The van der Waals surface area contributed by atoms with Crippen LogP contribution in [0.25, 0.3) is 11.0 Å². The fourth-order valence-corrected chi connectivity index (χ4v) is 1.69. The van der Waals surface area contributed by atoms with Crippen molar-refractivity contribution in [3.05, 3.63) is 23.8 Å². The van der Waals surface area contributed by atoms with E-state index in [0.717, 1.165) is 17.5 Å². The summed E-state index contributed by atoms with van der Waals surface area (Å²) in [7, 11) is 0. The Labute approximate surface area is 83.3 Å². The third kappa shape index (κ3) is 1.35. The van der Waals surface area contributed by atoms with E-state index in [4.69, 9.17) is 5.73 Å². The van der Waals surface area contributed by atoms with E-state index in [9.17, 15) is 0 Å². The van der Waals surface area contributed by atoms with Crippen molar-refractivity contribution in [2.45, 2.75) is 26.2 Å². The van der Waals surface area contributed by atoms with Gasteiger partial charge in [0, 0.05) is 0 Å². The third-order valence-electron chi connectivity index (χ3n) is 2.71. The molecule has 1 heterocycles. The van der Waals surface area contributed by atoms with E-state index in [1.807, 2.05) is 12.1 Å². The number of nitrogens with one attached hydrogen (secondary N) is 1. The van der Waals surface area contributed by atoms with Crippen molar-refractivity contribution in [1.29, 1.82) is 0 Å². The smallest absolute Gasteiger partial charge is 0.198 e. The standard InChI is InChI=1S/C11H15N3/c1-3-7(2)8-5-4-6-9-10(8)14-11(12)13-9/h4-7H,3H2,1-2H3,(H3,12,13,14). The van der Waals surface area contributed by atoms with Crippen LogP contribution in [0, 0.1) is 0 Å². The summed E-state index contributed by atoms with van der Waals surface area (Å²) in [5.41, 5.74) is 8.95. The van der Waals surface area contributed by atoms with Gasteiger partial charge in [-0.3, -0.25) is 0 Å². The highest BCUT2D eigenvalue weighted by molar-refractivity contribution is 5.81. The van der Waals surface area contributed by atoms with Crippen LogP contribution >= 0.6 is 0 Å². The van der Waals surface area contributed by atoms with Gasteiger partial charge in [-0.15, -0.1) is 0 Å². The fourth-order valence-electron chi connectivity index (χ4n) is 1.69. The van der Waals surface area contributed by atoms with Crippen LogP contribution in [0.5, 0.6) is 0 Å². The van der Waals surface area contributed by atoms with E-state index in [1.165, 1.54) is 5.56 Å². The first kappa shape index (κ1) is 9.06. The first-order valence-electron chi connectivity index (χ1n) is 4.96. The lowest BCUT2D eigenvalue weighted by Crippen LogP contribution is -1.92. The largest absolute Gasteiger partial charge is 0.369 e. The summed E-state index contributed by atoms with van der Waals surface area (Å²) in [6.45, 7) is 4.39. The minimum atomic E-state index is 0.496. The Hall–Kier alpha value is -1.51. The molecule has 0 saturated heterocycles. The van der Waals surface area contributed by atoms with Gasteiger partial charge in [0.15, 0.2) is 5.95 Å². The molecule has 3 heteroatoms. The number of imidazole rings is 1. The second-order valence-electron chi connectivity index (χ2n) is 3.67. The minimum absolute atomic E-state index is 0.496. The molecule has 0 aliphatic heterocycles. The van der Waals surface area contributed by atoms with Gasteiger partial charge in [-0.1, -0.05) is 26.0 Å². The summed E-state index contributed by atoms with van der Waals surface area (Å²) >= 11 is 0. The lowest BCUT2D eigenvalue weighted by molar-refractivity contribution is 0.738. The average molecular weight is 189 g/mol. The molecule has 74 valence electrons. The second-order valence-corrected chi connectivity index (χ2v) is 3.67. The lowest BCUT2D eigenvalue weighted by atomic mass is 9.97. The molecule has 0 bridgehead atoms. The van der Waals surface area contributed by atoms with Gasteiger partial charge in [0.25, 0.3) is 0 Å². The second kappa shape index (κ2) is 3.33. The summed E-state index contributed by atoms with van der Waals surface area (Å²) in [6.07, 6.45) is 1.12. The van der Waals surface area contributed by atoms with Crippen LogP contribution in [0.1, 0.15) is 31.7 Å². The number of nitrogens with zero attached hydrogens (tertiary/aromatic N) is 1. The van der Waals surface area contributed by atoms with Crippen LogP contribution in [0.2, 0.25) is 0 Å². The maximum atomic E-state index is 5.63. The highest BCUT2D eigenvalue weighted by Crippen LogP contribution is 2.26. The predicted octanol–water partition coefficient (Wildman–Crippen LogP) is 2.66. The molecular formula is C11H15N3. The SMILES string of the molecule is CCC(C)c1cccc2[nH]c(N)nc12. The summed E-state index contributed by atoms with van der Waals surface area (Å²) in [6, 6.07) is 6.17. The molecule has 0 aliphatic rings. The molecule has 1 aromatic carbocycles. The highest BCUT2D eigenvalue weighted by atomic mass is 15.0. The number of para-hydroxylation sites is 1. The van der Waals surface area contributed by atoms with Crippen LogP contribution < -0.4 is 5.73 Å². The van der Waals surface area contributed by atoms with Gasteiger partial charge in [-0.05, 0) is 24.0 Å². The lowest BCUT2D eigenvalue weighted by Gasteiger charge is -2.08. The molecule has 0 radical (unpaired) electrons. The van der Waals surface area contributed by atoms with Crippen LogP contribution in [-0.4, -0.2) is 9.97 Å². The van der Waals surface area contributed by atoms with Gasteiger partial charge in [-0.25, -0.2) is 4.98 Å². The van der Waals surface area contributed by atoms with E-state index >= 15 is 0 Å². The quantitative estimate of drug-likeness (QED) is 0.763. The zero-order valence-electron chi connectivity index (χ0n) is 8.54. The zero-order valence-corrected chi connectivity index (χ0v) is 8.54. The van der Waals surface area contributed by atoms with E-state index in [1.54, 1.807) is 0 Å². The van der Waals surface area contributed by atoms with Crippen molar-refractivity contribution in [1.82, 2.24) is 9.97 Å². The number of aromatic amines is 1. The van der Waals surface area contributed by atoms with Crippen LogP contribution in [0.4, 0.5) is 5.95 Å². The number of aromatic nitrogens is 2. The number of hydrogen-bond acceptors (Lipinski definition) is 2. The Kier molecular flexibility index (Phi) is 2.15. The number of nitrogen functional groups attached to an aromatic ring is 1. The fraction of sp³-hybridized carbons (Fsp3) is 0.364. The first-order chi connectivity index (χ1) is 6.72. The molecule has 1 unspecified atom stereocenters. The van der Waals surface area contributed by atoms with Crippen molar-refractivity contribution in [2.24, 2.45) is 0 Å². The molecule has 1 atom stereocenters. The average Bonchev–Trinajstić information content (AvgIpc) is 2.56. The minimum Gasteiger partial charge on any atom is -0.369 e. The molecule has 3 nitrogen and oxygen atoms in total. The van der Waals surface area contributed by atoms with Crippen LogP contribution in [0.15, 0.2) is 18.2 Å². The molecule has 14 heavy (non-hydrogen) atoms. The first-order valence-corrected chi connectivity index (χ1v) is 4.96. The Morgan fingerprint density at radius 1 is 1.50 bits per heavy atom. The molecule has 1 aromatic heterocycles. The normalized spacial score (nSPS) is 13.3. The summed E-state index contributed by atoms with van der Waals surface area (Å²) in [4.78, 5) is 7.35. The molecule has 0 amide bonds. The Morgan fingerprint density at radius 3 is 3.00 bits per heavy atom. The monoisotopic (exact) mass is 189 g/mol. The highest BCUT2D eigenvalue weighted by Gasteiger charge is 2.10. The topological polar surface area (TPSA) is 54.7 Å². The molecule has 2 rings (SSSR count). The number of hydrogen-bond donors (Lipinski definition) is 2. The summed E-state index contributed by atoms with van der Waals surface area (Å²) in [5.74, 6) is 1.03. The number of rotatable bonds is 2. The molecule has 0 aliphatic carbocycles. The number of fused-ring (bicyclic) bond motifs is 1. The van der Waals surface area contributed by atoms with Gasteiger partial charge < -0.3 is 10.7 Å². The Bertz CT molecular complexity index is 445. The maximum Gasteiger partial charge on any atom is 0.198 e. The van der Waals surface area contributed by atoms with Gasteiger partial charge in [-0.2, -0.15) is 0 Å². The summed E-state index contributed by atoms with van der Waals surface area (Å²) in [5, 5.41) is 0. The van der Waals surface area contributed by atoms with Crippen molar-refractivity contribution < 1.29 is 0 Å². The molecule has 0 fully saturated rings. The van der Waals surface area contributed by atoms with Crippen LogP contribution in [0.3, 0.4) is 0 Å². The van der Waals surface area contributed by atoms with Gasteiger partial charge in [0.1, 0.15) is 0 Å². The van der Waals surface area contributed by atoms with Gasteiger partial charge in [0.05, 0.1) is 11.0 Å². The van der Waals surface area contributed by atoms with E-state index in [-0.39, 0.29) is 0 Å². The van der Waals surface area contributed by atoms with Crippen molar-refractivity contribution in [3.63, 3.8) is 0 Å². The predicted molar refractivity (Wildman–Crippen MR) is 59.2 cm³/mol. The number of benzene rings is 1. The molecule has 3 N–H and O–H groups in total. The van der Waals surface area contributed by atoms with E-state index in [2.05, 4.69) is 29.9 Å². The number of anilines is 1. The number of H-pyrrole nitrogens is 1. The molecule has 0 saturated carbocycles. The van der Waals surface area contributed by atoms with Crippen molar-refractivity contribution in [2.75, 3.05) is 5.73 Å². The van der Waals surface area contributed by atoms with Gasteiger partial charge in [0.2, 0.25) is 0 Å². The molecular weight excluding hydrogens is 174 g/mol. The zero-order chi connectivity index (χ0) is 10.1. The van der Waals surface area contributed by atoms with E-state index < -0.39 is 0 Å². The Balaban J connectivity index is 2.64. The van der Waals surface area contributed by atoms with Crippen LogP contribution in [-0.2, 0) is 0 Å². The summed E-state index contributed by atoms with van der Waals surface area (Å²) < 4.78 is 0. The van der Waals surface area contributed by atoms with E-state index in [0.29, 0.717) is 11.9 Å². The van der Waals surface area contributed by atoms with Gasteiger partial charge >= 0.3 is 0 Å². The third-order valence-corrected chi connectivity index (χ3v) is 2.71. The Morgan fingerprint density at radius 2 is 2.29 bits per heavy atom. The maximum absolute atomic E-state index is 5.63. The van der Waals surface area contributed by atoms with Crippen molar-refractivity contribution >= 4 is 17.0 Å². The number of nitrogens with two attached hydrogens (primary N) is 1.